The Bertz CT molecular complexity index is 769. The lowest BCUT2D eigenvalue weighted by Gasteiger charge is -2.43. The summed E-state index contributed by atoms with van der Waals surface area (Å²) in [7, 11) is 0. The van der Waals surface area contributed by atoms with Gasteiger partial charge in [-0.3, -0.25) is 14.6 Å². The highest BCUT2D eigenvalue weighted by molar-refractivity contribution is 9.10. The highest BCUT2D eigenvalue weighted by Crippen LogP contribution is 2.32. The normalized spacial score (nSPS) is 20.0. The number of halogens is 2. The fraction of sp³-hybridized carbons (Fsp3) is 0.350. The van der Waals surface area contributed by atoms with Crippen LogP contribution in [0.5, 0.6) is 0 Å². The molecule has 2 aromatic rings. The van der Waals surface area contributed by atoms with Crippen molar-refractivity contribution < 1.29 is 14.3 Å². The zero-order valence-electron chi connectivity index (χ0n) is 14.6. The molecule has 0 saturated carbocycles. The zero-order chi connectivity index (χ0) is 18.7. The van der Waals surface area contributed by atoms with Crippen LogP contribution in [0.2, 0.25) is 0 Å². The summed E-state index contributed by atoms with van der Waals surface area (Å²) in [5.74, 6) is -1.05. The Labute approximate surface area is 161 Å². The fourth-order valence-corrected chi connectivity index (χ4v) is 4.02. The lowest BCUT2D eigenvalue weighted by molar-refractivity contribution is -0.139. The number of hydrogen-bond acceptors (Lipinski definition) is 3. The van der Waals surface area contributed by atoms with E-state index < -0.39 is 5.97 Å². The van der Waals surface area contributed by atoms with Gasteiger partial charge in [-0.15, -0.1) is 0 Å². The fourth-order valence-electron chi connectivity index (χ4n) is 3.60. The van der Waals surface area contributed by atoms with E-state index in [-0.39, 0.29) is 24.4 Å². The number of carbonyl (C=O) groups is 1. The highest BCUT2D eigenvalue weighted by atomic mass is 79.9. The minimum absolute atomic E-state index is 0.00234. The summed E-state index contributed by atoms with van der Waals surface area (Å²) in [6.07, 6.45) is 0. The molecule has 138 valence electrons. The number of aliphatic carboxylic acids is 1. The molecule has 0 spiro atoms. The van der Waals surface area contributed by atoms with E-state index in [9.17, 15) is 9.18 Å². The van der Waals surface area contributed by atoms with E-state index >= 15 is 0 Å². The quantitative estimate of drug-likeness (QED) is 0.799. The van der Waals surface area contributed by atoms with Crippen LogP contribution in [-0.4, -0.2) is 53.1 Å². The lowest BCUT2D eigenvalue weighted by atomic mass is 9.95. The average Bonchev–Trinajstić information content (AvgIpc) is 2.59. The smallest absolute Gasteiger partial charge is 0.317 e. The van der Waals surface area contributed by atoms with Crippen LogP contribution in [-0.2, 0) is 4.79 Å². The lowest BCUT2D eigenvalue weighted by Crippen LogP contribution is -2.54. The molecule has 4 nitrogen and oxygen atoms in total. The van der Waals surface area contributed by atoms with Gasteiger partial charge in [0.2, 0.25) is 0 Å². The molecule has 0 amide bonds. The van der Waals surface area contributed by atoms with Gasteiger partial charge in [0.15, 0.2) is 0 Å². The third kappa shape index (κ3) is 4.50. The molecule has 1 N–H and O–H groups in total. The molecular weight excluding hydrogens is 399 g/mol. The van der Waals surface area contributed by atoms with Crippen molar-refractivity contribution in [2.45, 2.75) is 19.0 Å². The minimum Gasteiger partial charge on any atom is -0.480 e. The van der Waals surface area contributed by atoms with Crippen LogP contribution in [0.3, 0.4) is 0 Å². The maximum absolute atomic E-state index is 13.4. The second kappa shape index (κ2) is 8.29. The van der Waals surface area contributed by atoms with E-state index in [0.29, 0.717) is 6.54 Å². The van der Waals surface area contributed by atoms with E-state index in [4.69, 9.17) is 5.11 Å². The van der Waals surface area contributed by atoms with Crippen molar-refractivity contribution >= 4 is 21.9 Å². The van der Waals surface area contributed by atoms with Gasteiger partial charge in [0.25, 0.3) is 0 Å². The molecule has 6 heteroatoms. The summed E-state index contributed by atoms with van der Waals surface area (Å²) in [5.41, 5.74) is 2.16. The van der Waals surface area contributed by atoms with E-state index in [1.54, 1.807) is 0 Å². The molecular formula is C20H22BrFN2O2. The van der Waals surface area contributed by atoms with Crippen molar-refractivity contribution in [3.8, 4) is 0 Å². The SMILES string of the molecule is CC1CN(C(c2ccc(F)cc2)c2cccc(Br)c2)CCN1CC(=O)O. The summed E-state index contributed by atoms with van der Waals surface area (Å²) in [6.45, 7) is 4.32. The van der Waals surface area contributed by atoms with Crippen LogP contribution in [0.1, 0.15) is 24.1 Å². The molecule has 2 atom stereocenters. The number of nitrogens with zero attached hydrogens (tertiary/aromatic N) is 2. The molecule has 2 aromatic carbocycles. The number of carboxylic acid groups (broad SMARTS) is 1. The first-order chi connectivity index (χ1) is 12.4. The van der Waals surface area contributed by atoms with Crippen molar-refractivity contribution in [2.75, 3.05) is 26.2 Å². The minimum atomic E-state index is -0.799. The van der Waals surface area contributed by atoms with Gasteiger partial charge in [-0.1, -0.05) is 40.2 Å². The van der Waals surface area contributed by atoms with E-state index in [0.717, 1.165) is 28.7 Å². The molecule has 3 rings (SSSR count). The van der Waals surface area contributed by atoms with Gasteiger partial charge >= 0.3 is 5.97 Å². The standard InChI is InChI=1S/C20H22BrFN2O2/c1-14-12-24(10-9-23(14)13-19(25)26)20(15-5-7-18(22)8-6-15)16-3-2-4-17(21)11-16/h2-8,11,14,20H,9-10,12-13H2,1H3,(H,25,26). The Morgan fingerprint density at radius 3 is 2.58 bits per heavy atom. The van der Waals surface area contributed by atoms with E-state index in [2.05, 4.69) is 39.9 Å². The Morgan fingerprint density at radius 1 is 1.23 bits per heavy atom. The van der Waals surface area contributed by atoms with Crippen molar-refractivity contribution in [3.63, 3.8) is 0 Å². The molecule has 0 aliphatic carbocycles. The van der Waals surface area contributed by atoms with Gasteiger partial charge in [0.05, 0.1) is 12.6 Å². The maximum atomic E-state index is 13.4. The van der Waals surface area contributed by atoms with Crippen LogP contribution < -0.4 is 0 Å². The molecule has 1 saturated heterocycles. The Kier molecular flexibility index (Phi) is 6.06. The van der Waals surface area contributed by atoms with Crippen LogP contribution in [0.4, 0.5) is 4.39 Å². The first-order valence-electron chi connectivity index (χ1n) is 8.65. The van der Waals surface area contributed by atoms with Crippen molar-refractivity contribution in [1.82, 2.24) is 9.80 Å². The summed E-state index contributed by atoms with van der Waals surface area (Å²) in [6, 6.07) is 14.9. The molecule has 1 aliphatic heterocycles. The average molecular weight is 421 g/mol. The van der Waals surface area contributed by atoms with Crippen molar-refractivity contribution in [1.29, 1.82) is 0 Å². The van der Waals surface area contributed by atoms with Crippen LogP contribution in [0.15, 0.2) is 53.0 Å². The van der Waals surface area contributed by atoms with Crippen molar-refractivity contribution in [3.05, 3.63) is 69.9 Å². The first kappa shape index (κ1) is 19.0. The topological polar surface area (TPSA) is 43.8 Å². The number of rotatable bonds is 5. The molecule has 1 fully saturated rings. The molecule has 0 radical (unpaired) electrons. The third-order valence-electron chi connectivity index (χ3n) is 4.85. The van der Waals surface area contributed by atoms with E-state index in [1.165, 1.54) is 12.1 Å². The second-order valence-corrected chi connectivity index (χ2v) is 7.63. The zero-order valence-corrected chi connectivity index (χ0v) is 16.2. The third-order valence-corrected chi connectivity index (χ3v) is 5.34. The summed E-state index contributed by atoms with van der Waals surface area (Å²) in [5, 5.41) is 9.08. The largest absolute Gasteiger partial charge is 0.480 e. The summed E-state index contributed by atoms with van der Waals surface area (Å²) < 4.78 is 14.4. The number of carboxylic acids is 1. The van der Waals surface area contributed by atoms with Crippen LogP contribution in [0, 0.1) is 5.82 Å². The predicted molar refractivity (Wildman–Crippen MR) is 103 cm³/mol. The highest BCUT2D eigenvalue weighted by Gasteiger charge is 2.31. The van der Waals surface area contributed by atoms with E-state index in [1.807, 2.05) is 29.2 Å². The molecule has 1 heterocycles. The molecule has 2 unspecified atom stereocenters. The number of benzene rings is 2. The molecule has 0 aromatic heterocycles. The van der Waals surface area contributed by atoms with Gasteiger partial charge in [0, 0.05) is 30.1 Å². The van der Waals surface area contributed by atoms with Crippen LogP contribution in [0.25, 0.3) is 0 Å². The Morgan fingerprint density at radius 2 is 1.96 bits per heavy atom. The number of hydrogen-bond donors (Lipinski definition) is 1. The maximum Gasteiger partial charge on any atom is 0.317 e. The Hall–Kier alpha value is -1.76. The molecule has 26 heavy (non-hydrogen) atoms. The molecule has 1 aliphatic rings. The van der Waals surface area contributed by atoms with Gasteiger partial charge < -0.3 is 5.11 Å². The monoisotopic (exact) mass is 420 g/mol. The summed E-state index contributed by atoms with van der Waals surface area (Å²) in [4.78, 5) is 15.4. The molecule has 0 bridgehead atoms. The van der Waals surface area contributed by atoms with Gasteiger partial charge in [-0.05, 0) is 42.3 Å². The van der Waals surface area contributed by atoms with Crippen LogP contribution >= 0.6 is 15.9 Å². The Balaban J connectivity index is 1.89. The first-order valence-corrected chi connectivity index (χ1v) is 9.44. The van der Waals surface area contributed by atoms with Gasteiger partial charge in [-0.25, -0.2) is 4.39 Å². The summed E-state index contributed by atoms with van der Waals surface area (Å²) >= 11 is 3.54. The predicted octanol–water partition coefficient (Wildman–Crippen LogP) is 3.77. The van der Waals surface area contributed by atoms with Gasteiger partial charge in [-0.2, -0.15) is 0 Å². The second-order valence-electron chi connectivity index (χ2n) is 6.72. The van der Waals surface area contributed by atoms with Crippen molar-refractivity contribution in [2.24, 2.45) is 0 Å². The number of piperazine rings is 1. The van der Waals surface area contributed by atoms with Gasteiger partial charge in [0.1, 0.15) is 5.82 Å².